The highest BCUT2D eigenvalue weighted by atomic mass is 16.5. The summed E-state index contributed by atoms with van der Waals surface area (Å²) in [6.45, 7) is 5.81. The summed E-state index contributed by atoms with van der Waals surface area (Å²) in [7, 11) is 0. The van der Waals surface area contributed by atoms with Crippen molar-refractivity contribution in [1.29, 1.82) is 0 Å². The molecule has 0 unspecified atom stereocenters. The molecule has 1 heterocycles. The minimum absolute atomic E-state index is 0.190. The van der Waals surface area contributed by atoms with Gasteiger partial charge in [0.25, 0.3) is 5.91 Å². The first-order chi connectivity index (χ1) is 8.27. The predicted molar refractivity (Wildman–Crippen MR) is 63.8 cm³/mol. The summed E-state index contributed by atoms with van der Waals surface area (Å²) in [5.41, 5.74) is 0. The number of nitrogens with zero attached hydrogens (tertiary/aromatic N) is 2. The number of aryl methyl sites for hydroxylation is 1. The first kappa shape index (κ1) is 13.6. The van der Waals surface area contributed by atoms with Crippen LogP contribution in [-0.4, -0.2) is 40.8 Å². The number of unbranched alkanes of at least 4 members (excludes halogenated alkanes) is 1. The molecule has 0 radical (unpaired) electrons. The van der Waals surface area contributed by atoms with E-state index in [-0.39, 0.29) is 11.7 Å². The summed E-state index contributed by atoms with van der Waals surface area (Å²) in [5.74, 6) is 0.643. The van der Waals surface area contributed by atoms with E-state index in [1.165, 1.54) is 0 Å². The number of carbonyl (C=O) groups is 1. The lowest BCUT2D eigenvalue weighted by Crippen LogP contribution is -2.28. The molecule has 1 rings (SSSR count). The zero-order valence-electron chi connectivity index (χ0n) is 10.5. The van der Waals surface area contributed by atoms with Crippen LogP contribution in [0.5, 0.6) is 0 Å². The number of ether oxygens (including phenoxy) is 1. The van der Waals surface area contributed by atoms with Crippen LogP contribution in [-0.2, 0) is 11.2 Å². The lowest BCUT2D eigenvalue weighted by molar-refractivity contribution is 0.0903. The van der Waals surface area contributed by atoms with Crippen LogP contribution in [0.3, 0.4) is 0 Å². The third-order valence-corrected chi connectivity index (χ3v) is 2.24. The molecule has 0 bridgehead atoms. The number of hydrogen-bond donors (Lipinski definition) is 2. The van der Waals surface area contributed by atoms with Gasteiger partial charge in [-0.1, -0.05) is 20.3 Å². The monoisotopic (exact) mass is 240 g/mol. The Morgan fingerprint density at radius 2 is 2.24 bits per heavy atom. The van der Waals surface area contributed by atoms with Crippen molar-refractivity contribution in [3.05, 3.63) is 11.6 Å². The smallest absolute Gasteiger partial charge is 0.291 e. The molecule has 0 aliphatic rings. The van der Waals surface area contributed by atoms with Gasteiger partial charge in [0.2, 0.25) is 5.82 Å². The second kappa shape index (κ2) is 7.78. The number of nitrogens with one attached hydrogen (secondary N) is 2. The molecular weight excluding hydrogens is 220 g/mol. The third-order valence-electron chi connectivity index (χ3n) is 2.24. The van der Waals surface area contributed by atoms with Gasteiger partial charge in [-0.3, -0.25) is 9.89 Å². The summed E-state index contributed by atoms with van der Waals surface area (Å²) >= 11 is 0. The van der Waals surface area contributed by atoms with Crippen molar-refractivity contribution in [2.75, 3.05) is 19.8 Å². The Kier molecular flexibility index (Phi) is 6.24. The molecule has 6 heteroatoms. The molecule has 1 aromatic rings. The van der Waals surface area contributed by atoms with Gasteiger partial charge in [0.15, 0.2) is 0 Å². The van der Waals surface area contributed by atoms with E-state index in [2.05, 4.69) is 27.4 Å². The molecule has 0 fully saturated rings. The van der Waals surface area contributed by atoms with Crippen LogP contribution in [0.1, 0.15) is 43.1 Å². The summed E-state index contributed by atoms with van der Waals surface area (Å²) in [4.78, 5) is 15.6. The molecule has 96 valence electrons. The van der Waals surface area contributed by atoms with Crippen molar-refractivity contribution in [2.24, 2.45) is 0 Å². The summed E-state index contributed by atoms with van der Waals surface area (Å²) < 4.78 is 5.32. The largest absolute Gasteiger partial charge is 0.380 e. The number of amides is 1. The van der Waals surface area contributed by atoms with E-state index >= 15 is 0 Å². The zero-order valence-corrected chi connectivity index (χ0v) is 10.5. The fourth-order valence-corrected chi connectivity index (χ4v) is 1.22. The Labute approximate surface area is 101 Å². The lowest BCUT2D eigenvalue weighted by Gasteiger charge is -2.03. The van der Waals surface area contributed by atoms with E-state index in [1.807, 2.05) is 6.92 Å². The van der Waals surface area contributed by atoms with Gasteiger partial charge in [-0.2, -0.15) is 0 Å². The summed E-state index contributed by atoms with van der Waals surface area (Å²) in [6, 6.07) is 0. The van der Waals surface area contributed by atoms with Gasteiger partial charge in [-0.15, -0.1) is 5.10 Å². The Balaban J connectivity index is 2.16. The fourth-order valence-electron chi connectivity index (χ4n) is 1.22. The normalized spacial score (nSPS) is 10.5. The van der Waals surface area contributed by atoms with Gasteiger partial charge < -0.3 is 10.1 Å². The molecule has 17 heavy (non-hydrogen) atoms. The van der Waals surface area contributed by atoms with Gasteiger partial charge in [-0.05, 0) is 6.42 Å². The van der Waals surface area contributed by atoms with E-state index in [4.69, 9.17) is 4.74 Å². The van der Waals surface area contributed by atoms with Crippen LogP contribution < -0.4 is 5.32 Å². The Morgan fingerprint density at radius 1 is 1.41 bits per heavy atom. The van der Waals surface area contributed by atoms with Crippen LogP contribution in [0.15, 0.2) is 0 Å². The molecule has 0 saturated carbocycles. The molecule has 0 aliphatic heterocycles. The second-order valence-corrected chi connectivity index (χ2v) is 3.68. The third kappa shape index (κ3) is 4.95. The molecule has 2 N–H and O–H groups in total. The second-order valence-electron chi connectivity index (χ2n) is 3.68. The average molecular weight is 240 g/mol. The highest BCUT2D eigenvalue weighted by Crippen LogP contribution is 1.93. The van der Waals surface area contributed by atoms with Gasteiger partial charge in [0.05, 0.1) is 6.61 Å². The van der Waals surface area contributed by atoms with Crippen LogP contribution in [0.25, 0.3) is 0 Å². The first-order valence-corrected chi connectivity index (χ1v) is 6.05. The number of aromatic amines is 1. The molecule has 0 spiro atoms. The fraction of sp³-hybridized carbons (Fsp3) is 0.727. The first-order valence-electron chi connectivity index (χ1n) is 6.05. The van der Waals surface area contributed by atoms with Gasteiger partial charge in [0.1, 0.15) is 5.82 Å². The van der Waals surface area contributed by atoms with Crippen molar-refractivity contribution in [3.8, 4) is 0 Å². The zero-order chi connectivity index (χ0) is 12.5. The van der Waals surface area contributed by atoms with Gasteiger partial charge in [0, 0.05) is 19.6 Å². The molecular formula is C11H20N4O2. The molecule has 1 aromatic heterocycles. The summed E-state index contributed by atoms with van der Waals surface area (Å²) in [6.07, 6.45) is 2.90. The molecule has 0 aromatic carbocycles. The van der Waals surface area contributed by atoms with Crippen molar-refractivity contribution in [3.63, 3.8) is 0 Å². The predicted octanol–water partition coefficient (Wildman–Crippen LogP) is 0.914. The van der Waals surface area contributed by atoms with Gasteiger partial charge >= 0.3 is 0 Å². The maximum Gasteiger partial charge on any atom is 0.291 e. The minimum Gasteiger partial charge on any atom is -0.380 e. The van der Waals surface area contributed by atoms with E-state index in [0.717, 1.165) is 25.9 Å². The van der Waals surface area contributed by atoms with E-state index < -0.39 is 0 Å². The average Bonchev–Trinajstić information content (AvgIpc) is 2.82. The minimum atomic E-state index is -0.264. The number of hydrogen-bond acceptors (Lipinski definition) is 4. The molecule has 0 aliphatic carbocycles. The number of H-pyrrole nitrogens is 1. The molecule has 6 nitrogen and oxygen atoms in total. The highest BCUT2D eigenvalue weighted by Gasteiger charge is 2.10. The van der Waals surface area contributed by atoms with Crippen molar-refractivity contribution < 1.29 is 9.53 Å². The van der Waals surface area contributed by atoms with Gasteiger partial charge in [-0.25, -0.2) is 4.98 Å². The maximum absolute atomic E-state index is 11.6. The van der Waals surface area contributed by atoms with Crippen molar-refractivity contribution >= 4 is 5.91 Å². The number of carbonyl (C=O) groups excluding carboxylic acids is 1. The Bertz CT molecular complexity index is 338. The van der Waals surface area contributed by atoms with E-state index in [1.54, 1.807) is 0 Å². The standard InChI is InChI=1S/C11H20N4O2/c1-3-5-7-17-8-6-12-11(16)10-13-9(4-2)14-15-10/h3-8H2,1-2H3,(H,12,16)(H,13,14,15). The van der Waals surface area contributed by atoms with Crippen molar-refractivity contribution in [2.45, 2.75) is 33.1 Å². The van der Waals surface area contributed by atoms with Crippen LogP contribution in [0, 0.1) is 0 Å². The van der Waals surface area contributed by atoms with Crippen LogP contribution >= 0.6 is 0 Å². The van der Waals surface area contributed by atoms with E-state index in [0.29, 0.717) is 19.0 Å². The number of aromatic nitrogens is 3. The molecule has 0 saturated heterocycles. The SMILES string of the molecule is CCCCOCCNC(=O)c1n[nH]c(CC)n1. The lowest BCUT2D eigenvalue weighted by atomic mass is 10.4. The maximum atomic E-state index is 11.6. The van der Waals surface area contributed by atoms with Crippen LogP contribution in [0.4, 0.5) is 0 Å². The Morgan fingerprint density at radius 3 is 2.88 bits per heavy atom. The van der Waals surface area contributed by atoms with E-state index in [9.17, 15) is 4.79 Å². The summed E-state index contributed by atoms with van der Waals surface area (Å²) in [5, 5.41) is 9.23. The van der Waals surface area contributed by atoms with Crippen molar-refractivity contribution in [1.82, 2.24) is 20.5 Å². The molecule has 1 amide bonds. The Hall–Kier alpha value is -1.43. The number of rotatable bonds is 8. The molecule has 0 atom stereocenters. The highest BCUT2D eigenvalue weighted by molar-refractivity contribution is 5.90. The van der Waals surface area contributed by atoms with Crippen LogP contribution in [0.2, 0.25) is 0 Å². The topological polar surface area (TPSA) is 79.9 Å². The quantitative estimate of drug-likeness (QED) is 0.662.